The van der Waals surface area contributed by atoms with Gasteiger partial charge in [-0.2, -0.15) is 0 Å². The van der Waals surface area contributed by atoms with Crippen LogP contribution in [0.2, 0.25) is 0 Å². The summed E-state index contributed by atoms with van der Waals surface area (Å²) in [6, 6.07) is 1.25. The molecule has 0 aromatic heterocycles. The van der Waals surface area contributed by atoms with E-state index in [1.54, 1.807) is 0 Å². The molecule has 15 heavy (non-hydrogen) atoms. The van der Waals surface area contributed by atoms with Gasteiger partial charge in [-0.15, -0.1) is 0 Å². The Labute approximate surface area is 95.8 Å². The van der Waals surface area contributed by atoms with Crippen LogP contribution in [-0.2, 0) is 0 Å². The van der Waals surface area contributed by atoms with Crippen LogP contribution in [0.15, 0.2) is 0 Å². The van der Waals surface area contributed by atoms with Crippen molar-refractivity contribution in [2.45, 2.75) is 39.3 Å². The fourth-order valence-electron chi connectivity index (χ4n) is 1.97. The minimum atomic E-state index is 0.620. The lowest BCUT2D eigenvalue weighted by Gasteiger charge is -2.32. The molecule has 0 saturated heterocycles. The van der Waals surface area contributed by atoms with Gasteiger partial charge in [0.1, 0.15) is 0 Å². The number of likely N-dealkylation sites (N-methyl/N-ethyl adjacent to an activating group) is 3. The molecular formula is C12H29N3. The van der Waals surface area contributed by atoms with Crippen molar-refractivity contribution in [3.63, 3.8) is 0 Å². The van der Waals surface area contributed by atoms with E-state index < -0.39 is 0 Å². The Morgan fingerprint density at radius 3 is 2.07 bits per heavy atom. The molecule has 0 aromatic rings. The number of nitrogens with one attached hydrogen (secondary N) is 1. The summed E-state index contributed by atoms with van der Waals surface area (Å²) in [5, 5.41) is 3.37. The minimum Gasteiger partial charge on any atom is -0.316 e. The quantitative estimate of drug-likeness (QED) is 0.657. The van der Waals surface area contributed by atoms with Crippen molar-refractivity contribution in [2.24, 2.45) is 0 Å². The van der Waals surface area contributed by atoms with E-state index in [-0.39, 0.29) is 0 Å². The first kappa shape index (κ1) is 14.9. The third kappa shape index (κ3) is 6.13. The molecular weight excluding hydrogens is 186 g/mol. The first-order valence-electron chi connectivity index (χ1n) is 6.11. The summed E-state index contributed by atoms with van der Waals surface area (Å²) in [5.74, 6) is 0. The average molecular weight is 215 g/mol. The molecule has 0 radical (unpaired) electrons. The second-order valence-corrected chi connectivity index (χ2v) is 4.59. The fraction of sp³-hybridized carbons (Fsp3) is 1.00. The van der Waals surface area contributed by atoms with E-state index in [0.29, 0.717) is 12.1 Å². The van der Waals surface area contributed by atoms with E-state index in [4.69, 9.17) is 0 Å². The molecule has 0 bridgehead atoms. The van der Waals surface area contributed by atoms with Crippen LogP contribution in [0.3, 0.4) is 0 Å². The molecule has 0 aliphatic heterocycles. The largest absolute Gasteiger partial charge is 0.316 e. The Morgan fingerprint density at radius 2 is 1.73 bits per heavy atom. The van der Waals surface area contributed by atoms with E-state index in [0.717, 1.165) is 19.6 Å². The number of nitrogens with zero attached hydrogens (tertiary/aromatic N) is 2. The van der Waals surface area contributed by atoms with Crippen LogP contribution in [0.1, 0.15) is 27.2 Å². The van der Waals surface area contributed by atoms with Crippen LogP contribution in [0, 0.1) is 0 Å². The summed E-state index contributed by atoms with van der Waals surface area (Å²) in [7, 11) is 6.33. The Kier molecular flexibility index (Phi) is 8.02. The van der Waals surface area contributed by atoms with Crippen LogP contribution < -0.4 is 5.32 Å². The molecule has 0 heterocycles. The van der Waals surface area contributed by atoms with Gasteiger partial charge in [0.2, 0.25) is 0 Å². The van der Waals surface area contributed by atoms with Crippen molar-refractivity contribution in [2.75, 3.05) is 40.8 Å². The highest BCUT2D eigenvalue weighted by Gasteiger charge is 2.15. The Hall–Kier alpha value is -0.120. The lowest BCUT2D eigenvalue weighted by atomic mass is 10.1. The zero-order valence-corrected chi connectivity index (χ0v) is 11.4. The van der Waals surface area contributed by atoms with Gasteiger partial charge >= 0.3 is 0 Å². The minimum absolute atomic E-state index is 0.620. The van der Waals surface area contributed by atoms with Crippen LogP contribution in [0.4, 0.5) is 0 Å². The van der Waals surface area contributed by atoms with Crippen molar-refractivity contribution < 1.29 is 0 Å². The normalized spacial score (nSPS) is 16.0. The van der Waals surface area contributed by atoms with Crippen molar-refractivity contribution in [1.82, 2.24) is 15.1 Å². The van der Waals surface area contributed by atoms with E-state index in [9.17, 15) is 0 Å². The maximum Gasteiger partial charge on any atom is 0.0195 e. The molecule has 0 fully saturated rings. The van der Waals surface area contributed by atoms with Crippen LogP contribution >= 0.6 is 0 Å². The molecule has 0 amide bonds. The first-order chi connectivity index (χ1) is 7.04. The van der Waals surface area contributed by atoms with Crippen molar-refractivity contribution >= 4 is 0 Å². The van der Waals surface area contributed by atoms with E-state index >= 15 is 0 Å². The van der Waals surface area contributed by atoms with Gasteiger partial charge in [0, 0.05) is 25.2 Å². The fourth-order valence-corrected chi connectivity index (χ4v) is 1.97. The van der Waals surface area contributed by atoms with Crippen LogP contribution in [-0.4, -0.2) is 62.7 Å². The Balaban J connectivity index is 4.09. The van der Waals surface area contributed by atoms with Gasteiger partial charge in [0.25, 0.3) is 0 Å². The van der Waals surface area contributed by atoms with Gasteiger partial charge < -0.3 is 10.2 Å². The smallest absolute Gasteiger partial charge is 0.0195 e. The van der Waals surface area contributed by atoms with Crippen molar-refractivity contribution in [3.8, 4) is 0 Å². The van der Waals surface area contributed by atoms with Gasteiger partial charge in [-0.3, -0.25) is 4.90 Å². The summed E-state index contributed by atoms with van der Waals surface area (Å²) in [6.07, 6.45) is 1.20. The van der Waals surface area contributed by atoms with E-state index in [1.807, 2.05) is 0 Å². The zero-order valence-electron chi connectivity index (χ0n) is 11.4. The second kappa shape index (κ2) is 8.08. The summed E-state index contributed by atoms with van der Waals surface area (Å²) in [6.45, 7) is 10.2. The van der Waals surface area contributed by atoms with Crippen LogP contribution in [0.5, 0.6) is 0 Å². The van der Waals surface area contributed by atoms with Crippen molar-refractivity contribution in [1.29, 1.82) is 0 Å². The zero-order chi connectivity index (χ0) is 11.8. The maximum absolute atomic E-state index is 3.37. The maximum atomic E-state index is 3.37. The van der Waals surface area contributed by atoms with Gasteiger partial charge in [0.15, 0.2) is 0 Å². The van der Waals surface area contributed by atoms with Gasteiger partial charge in [-0.1, -0.05) is 13.8 Å². The van der Waals surface area contributed by atoms with Gasteiger partial charge in [0.05, 0.1) is 0 Å². The molecule has 2 atom stereocenters. The topological polar surface area (TPSA) is 18.5 Å². The molecule has 2 unspecified atom stereocenters. The standard InChI is InChI=1S/C12H29N3/c1-7-12(13-4)10-15(8-2)11(3)9-14(5)6/h11-13H,7-10H2,1-6H3. The SMILES string of the molecule is CCC(CN(CC)C(C)CN(C)C)NC. The summed E-state index contributed by atoms with van der Waals surface area (Å²) < 4.78 is 0. The predicted octanol–water partition coefficient (Wildman–Crippen LogP) is 1.26. The molecule has 0 aliphatic carbocycles. The molecule has 0 aliphatic rings. The number of hydrogen-bond donors (Lipinski definition) is 1. The van der Waals surface area contributed by atoms with Crippen molar-refractivity contribution in [3.05, 3.63) is 0 Å². The summed E-state index contributed by atoms with van der Waals surface area (Å²) in [4.78, 5) is 4.80. The Morgan fingerprint density at radius 1 is 1.13 bits per heavy atom. The molecule has 1 N–H and O–H groups in total. The van der Waals surface area contributed by atoms with E-state index in [1.165, 1.54) is 6.42 Å². The predicted molar refractivity (Wildman–Crippen MR) is 68.4 cm³/mol. The summed E-state index contributed by atoms with van der Waals surface area (Å²) >= 11 is 0. The number of rotatable bonds is 8. The Bertz CT molecular complexity index is 144. The molecule has 0 aromatic carbocycles. The third-order valence-electron chi connectivity index (χ3n) is 3.01. The molecule has 0 saturated carbocycles. The summed E-state index contributed by atoms with van der Waals surface area (Å²) in [5.41, 5.74) is 0. The monoisotopic (exact) mass is 215 g/mol. The number of hydrogen-bond acceptors (Lipinski definition) is 3. The third-order valence-corrected chi connectivity index (χ3v) is 3.01. The van der Waals surface area contributed by atoms with Gasteiger partial charge in [-0.05, 0) is 41.0 Å². The molecule has 3 heteroatoms. The second-order valence-electron chi connectivity index (χ2n) is 4.59. The average Bonchev–Trinajstić information content (AvgIpc) is 2.18. The molecule has 3 nitrogen and oxygen atoms in total. The lowest BCUT2D eigenvalue weighted by Crippen LogP contribution is -2.46. The molecule has 92 valence electrons. The first-order valence-corrected chi connectivity index (χ1v) is 6.11. The highest BCUT2D eigenvalue weighted by molar-refractivity contribution is 4.74. The molecule has 0 rings (SSSR count). The molecule has 0 spiro atoms. The van der Waals surface area contributed by atoms with E-state index in [2.05, 4.69) is 57.0 Å². The highest BCUT2D eigenvalue weighted by Crippen LogP contribution is 2.03. The highest BCUT2D eigenvalue weighted by atomic mass is 15.2. The van der Waals surface area contributed by atoms with Crippen LogP contribution in [0.25, 0.3) is 0 Å². The lowest BCUT2D eigenvalue weighted by molar-refractivity contribution is 0.165. The van der Waals surface area contributed by atoms with Gasteiger partial charge in [-0.25, -0.2) is 0 Å².